The van der Waals surface area contributed by atoms with E-state index < -0.39 is 0 Å². The monoisotopic (exact) mass is 230 g/mol. The third-order valence-electron chi connectivity index (χ3n) is 2.85. The maximum Gasteiger partial charge on any atom is 0.0979 e. The van der Waals surface area contributed by atoms with Gasteiger partial charge in [-0.05, 0) is 24.1 Å². The number of fused-ring (bicyclic) bond motifs is 1. The van der Waals surface area contributed by atoms with E-state index in [2.05, 4.69) is 11.8 Å². The van der Waals surface area contributed by atoms with Crippen molar-refractivity contribution in [2.45, 2.75) is 26.4 Å². The number of likely N-dealkylation sites (N-methyl/N-ethyl adjacent to an activating group) is 1. The number of hydrogen-bond donors (Lipinski definition) is 1. The van der Waals surface area contributed by atoms with E-state index in [1.165, 1.54) is 16.0 Å². The summed E-state index contributed by atoms with van der Waals surface area (Å²) in [5, 5.41) is 0. The van der Waals surface area contributed by atoms with Crippen LogP contribution < -0.4 is 5.73 Å². The van der Waals surface area contributed by atoms with Crippen molar-refractivity contribution in [3.05, 3.63) is 20.3 Å². The fraction of sp³-hybridized carbons (Fsp3) is 0.600. The summed E-state index contributed by atoms with van der Waals surface area (Å²) in [6, 6.07) is 0. The normalized spacial score (nSPS) is 17.1. The molecule has 78 valence electrons. The maximum atomic E-state index is 6.15. The van der Waals surface area contributed by atoms with Gasteiger partial charge in [-0.2, -0.15) is 0 Å². The van der Waals surface area contributed by atoms with Gasteiger partial charge >= 0.3 is 0 Å². The minimum Gasteiger partial charge on any atom is -0.326 e. The molecule has 0 spiro atoms. The number of halogens is 1. The Bertz CT molecular complexity index is 335. The molecule has 2 nitrogen and oxygen atoms in total. The van der Waals surface area contributed by atoms with Crippen LogP contribution in [0.1, 0.15) is 22.9 Å². The van der Waals surface area contributed by atoms with Gasteiger partial charge in [-0.1, -0.05) is 18.5 Å². The Hall–Kier alpha value is -0.0900. The Morgan fingerprint density at radius 2 is 2.36 bits per heavy atom. The van der Waals surface area contributed by atoms with E-state index in [1.54, 1.807) is 11.3 Å². The highest BCUT2D eigenvalue weighted by Gasteiger charge is 2.21. The molecule has 1 aliphatic heterocycles. The molecule has 1 aromatic rings. The van der Waals surface area contributed by atoms with Gasteiger partial charge in [0.1, 0.15) is 0 Å². The lowest BCUT2D eigenvalue weighted by atomic mass is 10.0. The average molecular weight is 231 g/mol. The van der Waals surface area contributed by atoms with Crippen LogP contribution in [-0.2, 0) is 19.5 Å². The summed E-state index contributed by atoms with van der Waals surface area (Å²) >= 11 is 7.85. The molecule has 2 N–H and O–H groups in total. The highest BCUT2D eigenvalue weighted by molar-refractivity contribution is 7.16. The number of thiophene rings is 1. The van der Waals surface area contributed by atoms with Crippen molar-refractivity contribution in [1.82, 2.24) is 4.90 Å². The molecule has 0 saturated heterocycles. The zero-order valence-corrected chi connectivity index (χ0v) is 9.92. The van der Waals surface area contributed by atoms with Crippen molar-refractivity contribution in [3.8, 4) is 0 Å². The minimum absolute atomic E-state index is 0.580. The molecule has 0 aliphatic carbocycles. The van der Waals surface area contributed by atoms with Crippen LogP contribution in [0.25, 0.3) is 0 Å². The van der Waals surface area contributed by atoms with Gasteiger partial charge in [0.15, 0.2) is 0 Å². The van der Waals surface area contributed by atoms with E-state index in [0.29, 0.717) is 6.54 Å². The number of hydrogen-bond acceptors (Lipinski definition) is 3. The maximum absolute atomic E-state index is 6.15. The predicted molar refractivity (Wildman–Crippen MR) is 61.9 cm³/mol. The van der Waals surface area contributed by atoms with Gasteiger partial charge in [-0.25, -0.2) is 0 Å². The zero-order valence-electron chi connectivity index (χ0n) is 8.35. The molecular weight excluding hydrogens is 216 g/mol. The second-order valence-electron chi connectivity index (χ2n) is 3.58. The molecule has 1 aliphatic rings. The molecule has 1 aromatic heterocycles. The SMILES string of the molecule is CCN1CCc2c(sc(Cl)c2CN)C1. The molecule has 14 heavy (non-hydrogen) atoms. The highest BCUT2D eigenvalue weighted by atomic mass is 35.5. The predicted octanol–water partition coefficient (Wildman–Crippen LogP) is 2.24. The smallest absolute Gasteiger partial charge is 0.0979 e. The topological polar surface area (TPSA) is 29.3 Å². The summed E-state index contributed by atoms with van der Waals surface area (Å²) in [4.78, 5) is 3.86. The lowest BCUT2D eigenvalue weighted by Gasteiger charge is -2.25. The molecule has 0 amide bonds. The third kappa shape index (κ3) is 1.70. The van der Waals surface area contributed by atoms with Crippen LogP contribution in [0.15, 0.2) is 0 Å². The summed E-state index contributed by atoms with van der Waals surface area (Å²) in [5.41, 5.74) is 8.30. The second kappa shape index (κ2) is 4.19. The molecule has 2 heterocycles. The van der Waals surface area contributed by atoms with E-state index in [9.17, 15) is 0 Å². The van der Waals surface area contributed by atoms with Gasteiger partial charge in [-0.15, -0.1) is 11.3 Å². The summed E-state index contributed by atoms with van der Waals surface area (Å²) in [5.74, 6) is 0. The van der Waals surface area contributed by atoms with Crippen molar-refractivity contribution in [2.24, 2.45) is 5.73 Å². The molecule has 2 rings (SSSR count). The van der Waals surface area contributed by atoms with Gasteiger partial charge in [0.2, 0.25) is 0 Å². The van der Waals surface area contributed by atoms with Crippen LogP contribution in [-0.4, -0.2) is 18.0 Å². The van der Waals surface area contributed by atoms with Gasteiger partial charge in [-0.3, -0.25) is 4.90 Å². The van der Waals surface area contributed by atoms with Crippen LogP contribution in [0, 0.1) is 0 Å². The van der Waals surface area contributed by atoms with Crippen molar-refractivity contribution in [1.29, 1.82) is 0 Å². The first-order valence-electron chi connectivity index (χ1n) is 4.97. The van der Waals surface area contributed by atoms with Crippen LogP contribution >= 0.6 is 22.9 Å². The zero-order chi connectivity index (χ0) is 10.1. The Morgan fingerprint density at radius 3 is 3.00 bits per heavy atom. The average Bonchev–Trinajstić information content (AvgIpc) is 2.51. The third-order valence-corrected chi connectivity index (χ3v) is 4.35. The number of nitrogens with two attached hydrogens (primary N) is 1. The summed E-state index contributed by atoms with van der Waals surface area (Å²) in [6.45, 7) is 6.09. The molecule has 0 atom stereocenters. The van der Waals surface area contributed by atoms with Gasteiger partial charge in [0, 0.05) is 24.5 Å². The van der Waals surface area contributed by atoms with Crippen molar-refractivity contribution < 1.29 is 0 Å². The molecule has 0 radical (unpaired) electrons. The molecule has 4 heteroatoms. The molecule has 0 saturated carbocycles. The Labute approximate surface area is 93.7 Å². The van der Waals surface area contributed by atoms with Crippen molar-refractivity contribution in [2.75, 3.05) is 13.1 Å². The van der Waals surface area contributed by atoms with Crippen molar-refractivity contribution >= 4 is 22.9 Å². The van der Waals surface area contributed by atoms with Crippen molar-refractivity contribution in [3.63, 3.8) is 0 Å². The summed E-state index contributed by atoms with van der Waals surface area (Å²) in [6.07, 6.45) is 1.11. The van der Waals surface area contributed by atoms with Crippen LogP contribution in [0.5, 0.6) is 0 Å². The first-order valence-corrected chi connectivity index (χ1v) is 6.17. The highest BCUT2D eigenvalue weighted by Crippen LogP contribution is 2.35. The molecule has 0 bridgehead atoms. The standard InChI is InChI=1S/C10H15ClN2S/c1-2-13-4-3-7-8(5-12)10(11)14-9(7)6-13/h2-6,12H2,1H3. The first kappa shape index (κ1) is 10.4. The Balaban J connectivity index is 2.31. The van der Waals surface area contributed by atoms with E-state index in [-0.39, 0.29) is 0 Å². The van der Waals surface area contributed by atoms with E-state index in [0.717, 1.165) is 30.4 Å². The molecular formula is C10H15ClN2S. The van der Waals surface area contributed by atoms with Crippen LogP contribution in [0.4, 0.5) is 0 Å². The quantitative estimate of drug-likeness (QED) is 0.845. The lowest BCUT2D eigenvalue weighted by molar-refractivity contribution is 0.271. The number of rotatable bonds is 2. The van der Waals surface area contributed by atoms with Crippen LogP contribution in [0.2, 0.25) is 4.34 Å². The largest absolute Gasteiger partial charge is 0.326 e. The molecule has 0 fully saturated rings. The van der Waals surface area contributed by atoms with Gasteiger partial charge < -0.3 is 5.73 Å². The van der Waals surface area contributed by atoms with E-state index in [4.69, 9.17) is 17.3 Å². The van der Waals surface area contributed by atoms with Crippen LogP contribution in [0.3, 0.4) is 0 Å². The molecule has 0 unspecified atom stereocenters. The second-order valence-corrected chi connectivity index (χ2v) is 5.29. The lowest BCUT2D eigenvalue weighted by Crippen LogP contribution is -2.29. The summed E-state index contributed by atoms with van der Waals surface area (Å²) < 4.78 is 0.899. The first-order chi connectivity index (χ1) is 6.76. The van der Waals surface area contributed by atoms with E-state index in [1.807, 2.05) is 0 Å². The Kier molecular flexibility index (Phi) is 3.12. The minimum atomic E-state index is 0.580. The van der Waals surface area contributed by atoms with Gasteiger partial charge in [0.25, 0.3) is 0 Å². The summed E-state index contributed by atoms with van der Waals surface area (Å²) in [7, 11) is 0. The number of nitrogens with zero attached hydrogens (tertiary/aromatic N) is 1. The molecule has 0 aromatic carbocycles. The van der Waals surface area contributed by atoms with Gasteiger partial charge in [0.05, 0.1) is 4.34 Å². The van der Waals surface area contributed by atoms with E-state index >= 15 is 0 Å². The fourth-order valence-corrected chi connectivity index (χ4v) is 3.57. The fourth-order valence-electron chi connectivity index (χ4n) is 1.96. The Morgan fingerprint density at radius 1 is 1.57 bits per heavy atom.